The van der Waals surface area contributed by atoms with Crippen LogP contribution in [0, 0.1) is 16.0 Å². The molecule has 0 unspecified atom stereocenters. The maximum atomic E-state index is 15.5. The minimum Gasteiger partial charge on any atom is -0.396 e. The van der Waals surface area contributed by atoms with Gasteiger partial charge in [-0.2, -0.15) is 0 Å². The van der Waals surface area contributed by atoms with E-state index in [-0.39, 0.29) is 12.3 Å². The third kappa shape index (κ3) is 3.61. The summed E-state index contributed by atoms with van der Waals surface area (Å²) in [5.74, 6) is -0.930. The van der Waals surface area contributed by atoms with Gasteiger partial charge in [0.25, 0.3) is 11.6 Å². The van der Waals surface area contributed by atoms with Crippen molar-refractivity contribution in [1.82, 2.24) is 15.0 Å². The van der Waals surface area contributed by atoms with Crippen LogP contribution < -0.4 is 5.32 Å². The number of aliphatic hydroxyl groups excluding tert-OH is 1. The second kappa shape index (κ2) is 8.01. The van der Waals surface area contributed by atoms with Crippen molar-refractivity contribution < 1.29 is 23.7 Å². The van der Waals surface area contributed by atoms with E-state index in [0.717, 1.165) is 0 Å². The van der Waals surface area contributed by atoms with Crippen LogP contribution in [0.25, 0.3) is 0 Å². The Morgan fingerprint density at radius 3 is 2.84 bits per heavy atom. The zero-order valence-corrected chi connectivity index (χ0v) is 19.1. The van der Waals surface area contributed by atoms with Gasteiger partial charge in [-0.1, -0.05) is 12.1 Å². The molecule has 2 aliphatic rings. The number of fused-ring (bicyclic) bond motifs is 2. The number of amides is 1. The van der Waals surface area contributed by atoms with Crippen LogP contribution in [0.3, 0.4) is 0 Å². The second-order valence-electron chi connectivity index (χ2n) is 8.95. The minimum absolute atomic E-state index is 0.0329. The number of nitro groups is 1. The Bertz CT molecular complexity index is 1060. The van der Waals surface area contributed by atoms with Gasteiger partial charge in [-0.3, -0.25) is 19.6 Å². The molecule has 10 nitrogen and oxygen atoms in total. The number of benzene rings is 1. The lowest BCUT2D eigenvalue weighted by molar-refractivity contribution is -0.385. The summed E-state index contributed by atoms with van der Waals surface area (Å²) in [5, 5.41) is 31.2. The lowest BCUT2D eigenvalue weighted by atomic mass is 9.82. The van der Waals surface area contributed by atoms with Crippen molar-refractivity contribution >= 4 is 25.7 Å². The molecule has 12 heteroatoms. The van der Waals surface area contributed by atoms with Crippen molar-refractivity contribution in [2.45, 2.75) is 56.7 Å². The van der Waals surface area contributed by atoms with E-state index in [0.29, 0.717) is 36.3 Å². The number of aryl methyl sites for hydroxylation is 1. The number of ether oxygens (including phenoxy) is 1. The number of nitrogens with one attached hydrogen (secondary N) is 1. The maximum Gasteiger partial charge on any atom is 0.269 e. The SMILES string of the molecule is C[C@@H]1[C@@H]([Si](C)(C)F)[C@H](CCn2cc(CCO)nn2)O[C@@]12C(=O)Nc1ccc([N+](=O)[O-])cc12. The summed E-state index contributed by atoms with van der Waals surface area (Å²) in [6.45, 7) is 5.35. The lowest BCUT2D eigenvalue weighted by Crippen LogP contribution is -2.41. The number of carbonyl (C=O) groups excluding carboxylic acids is 1. The van der Waals surface area contributed by atoms with Gasteiger partial charge in [-0.15, -0.1) is 5.10 Å². The Kier molecular flexibility index (Phi) is 5.63. The van der Waals surface area contributed by atoms with Crippen molar-refractivity contribution in [3.8, 4) is 0 Å². The Balaban J connectivity index is 1.67. The van der Waals surface area contributed by atoms with Gasteiger partial charge >= 0.3 is 0 Å². The van der Waals surface area contributed by atoms with E-state index in [9.17, 15) is 14.9 Å². The monoisotopic (exact) mass is 463 g/mol. The number of halogens is 1. The number of anilines is 1. The number of nitro benzene ring substituents is 1. The van der Waals surface area contributed by atoms with Crippen LogP contribution in [0.1, 0.15) is 24.6 Å². The molecular weight excluding hydrogens is 437 g/mol. The summed E-state index contributed by atoms with van der Waals surface area (Å²) in [6.07, 6.45) is 1.94. The molecule has 4 atom stereocenters. The normalized spacial score (nSPS) is 27.0. The molecule has 0 aliphatic carbocycles. The minimum atomic E-state index is -3.29. The molecule has 2 aromatic rings. The van der Waals surface area contributed by atoms with Crippen molar-refractivity contribution in [3.05, 3.63) is 45.8 Å². The number of aliphatic hydroxyl groups is 1. The van der Waals surface area contributed by atoms with E-state index in [1.807, 2.05) is 0 Å². The zero-order chi connectivity index (χ0) is 23.3. The summed E-state index contributed by atoms with van der Waals surface area (Å²) in [7, 11) is -3.29. The van der Waals surface area contributed by atoms with E-state index >= 15 is 4.11 Å². The summed E-state index contributed by atoms with van der Waals surface area (Å²) in [5.41, 5.74) is -0.628. The molecular formula is C20H26FN5O5Si. The summed E-state index contributed by atoms with van der Waals surface area (Å²) >= 11 is 0. The standard InChI is InChI=1S/C20H26FN5O5Si/c1-12-18(32(2,3)21)17(6-8-25-11-13(7-9-27)23-24-25)31-20(12)15-10-14(26(29)30)4-5-16(15)22-19(20)28/h4-5,10-12,17-18,27H,6-9H2,1-3H3,(H,22,28)/t12-,17+,18-,20+/m1/s1. The van der Waals surface area contributed by atoms with E-state index in [2.05, 4.69) is 15.6 Å². The first kappa shape index (κ1) is 22.5. The largest absolute Gasteiger partial charge is 0.396 e. The predicted octanol–water partition coefficient (Wildman–Crippen LogP) is 2.54. The molecule has 3 heterocycles. The Morgan fingerprint density at radius 1 is 1.44 bits per heavy atom. The second-order valence-corrected chi connectivity index (χ2v) is 12.7. The third-order valence-corrected chi connectivity index (χ3v) is 8.96. The molecule has 4 rings (SSSR count). The first-order chi connectivity index (χ1) is 15.1. The fourth-order valence-corrected chi connectivity index (χ4v) is 7.72. The average Bonchev–Trinajstić information content (AvgIpc) is 3.36. The van der Waals surface area contributed by atoms with Crippen LogP contribution >= 0.6 is 0 Å². The highest BCUT2D eigenvalue weighted by molar-refractivity contribution is 6.72. The predicted molar refractivity (Wildman–Crippen MR) is 115 cm³/mol. The van der Waals surface area contributed by atoms with Crippen LogP contribution in [-0.2, 0) is 28.1 Å². The van der Waals surface area contributed by atoms with Gasteiger partial charge in [0.15, 0.2) is 5.60 Å². The van der Waals surface area contributed by atoms with E-state index in [4.69, 9.17) is 9.84 Å². The van der Waals surface area contributed by atoms with E-state index < -0.39 is 42.4 Å². The first-order valence-corrected chi connectivity index (χ1v) is 13.5. The van der Waals surface area contributed by atoms with Gasteiger partial charge in [0.2, 0.25) is 8.41 Å². The van der Waals surface area contributed by atoms with Gasteiger partial charge in [-0.25, -0.2) is 0 Å². The maximum absolute atomic E-state index is 15.5. The van der Waals surface area contributed by atoms with Gasteiger partial charge in [-0.05, 0) is 25.6 Å². The van der Waals surface area contributed by atoms with Crippen LogP contribution in [0.2, 0.25) is 18.6 Å². The highest BCUT2D eigenvalue weighted by Gasteiger charge is 2.65. The fourth-order valence-electron chi connectivity index (χ4n) is 5.17. The van der Waals surface area contributed by atoms with E-state index in [1.54, 1.807) is 30.9 Å². The van der Waals surface area contributed by atoms with E-state index in [1.165, 1.54) is 18.2 Å². The Morgan fingerprint density at radius 2 is 2.19 bits per heavy atom. The molecule has 1 spiro atoms. The third-order valence-electron chi connectivity index (χ3n) is 6.51. The Labute approximate surface area is 185 Å². The molecule has 2 N–H and O–H groups in total. The number of carbonyl (C=O) groups is 1. The van der Waals surface area contributed by atoms with Gasteiger partial charge < -0.3 is 19.3 Å². The fraction of sp³-hybridized carbons (Fsp3) is 0.550. The topological polar surface area (TPSA) is 132 Å². The van der Waals surface area contributed by atoms with Crippen LogP contribution in [0.4, 0.5) is 15.5 Å². The molecule has 0 saturated carbocycles. The average molecular weight is 464 g/mol. The lowest BCUT2D eigenvalue weighted by Gasteiger charge is -2.30. The van der Waals surface area contributed by atoms with Gasteiger partial charge in [0, 0.05) is 60.6 Å². The highest BCUT2D eigenvalue weighted by atomic mass is 28.4. The first-order valence-electron chi connectivity index (χ1n) is 10.5. The quantitative estimate of drug-likeness (QED) is 0.279. The molecule has 0 bridgehead atoms. The number of hydrogen-bond acceptors (Lipinski definition) is 7. The number of hydrogen-bond donors (Lipinski definition) is 2. The van der Waals surface area contributed by atoms with Gasteiger partial charge in [0.1, 0.15) is 0 Å². The molecule has 32 heavy (non-hydrogen) atoms. The summed E-state index contributed by atoms with van der Waals surface area (Å²) < 4.78 is 23.5. The molecule has 1 aromatic carbocycles. The zero-order valence-electron chi connectivity index (χ0n) is 18.1. The number of non-ortho nitro benzene ring substituents is 1. The summed E-state index contributed by atoms with van der Waals surface area (Å²) in [6, 6.07) is 4.18. The highest BCUT2D eigenvalue weighted by Crippen LogP contribution is 2.59. The number of aromatic nitrogens is 3. The molecule has 1 amide bonds. The molecule has 2 aliphatic heterocycles. The van der Waals surface area contributed by atoms with Crippen molar-refractivity contribution in [3.63, 3.8) is 0 Å². The van der Waals surface area contributed by atoms with Crippen molar-refractivity contribution in [2.75, 3.05) is 11.9 Å². The number of nitrogens with zero attached hydrogens (tertiary/aromatic N) is 4. The molecule has 1 aromatic heterocycles. The Hall–Kier alpha value is -2.70. The summed E-state index contributed by atoms with van der Waals surface area (Å²) in [4.78, 5) is 24.0. The van der Waals surface area contributed by atoms with Crippen molar-refractivity contribution in [1.29, 1.82) is 0 Å². The van der Waals surface area contributed by atoms with Crippen LogP contribution in [0.5, 0.6) is 0 Å². The smallest absolute Gasteiger partial charge is 0.269 e. The molecule has 1 fully saturated rings. The van der Waals surface area contributed by atoms with Crippen LogP contribution in [0.15, 0.2) is 24.4 Å². The van der Waals surface area contributed by atoms with Gasteiger partial charge in [0.05, 0.1) is 16.7 Å². The molecule has 0 radical (unpaired) electrons. The van der Waals surface area contributed by atoms with Crippen LogP contribution in [-0.4, -0.2) is 52.0 Å². The molecule has 172 valence electrons. The number of rotatable bonds is 7. The molecule has 1 saturated heterocycles. The van der Waals surface area contributed by atoms with Crippen molar-refractivity contribution in [2.24, 2.45) is 5.92 Å².